The van der Waals surface area contributed by atoms with Crippen molar-refractivity contribution in [3.63, 3.8) is 0 Å². The maximum absolute atomic E-state index is 13.6. The van der Waals surface area contributed by atoms with Crippen molar-refractivity contribution in [2.75, 3.05) is 7.05 Å². The van der Waals surface area contributed by atoms with E-state index in [2.05, 4.69) is 5.16 Å². The van der Waals surface area contributed by atoms with Crippen LogP contribution in [0.25, 0.3) is 0 Å². The molecule has 1 aliphatic carbocycles. The molecule has 2 aromatic rings. The van der Waals surface area contributed by atoms with Crippen molar-refractivity contribution in [3.05, 3.63) is 47.6 Å². The summed E-state index contributed by atoms with van der Waals surface area (Å²) in [5, 5.41) is 13.4. The van der Waals surface area contributed by atoms with Crippen molar-refractivity contribution < 1.29 is 28.3 Å². The molecule has 144 valence electrons. The molecular weight excluding hydrogens is 355 g/mol. The number of para-hydroxylation sites is 1. The molecule has 7 nitrogen and oxygen atoms in total. The summed E-state index contributed by atoms with van der Waals surface area (Å²) in [7, 11) is 1.48. The Bertz CT molecular complexity index is 829. The quantitative estimate of drug-likeness (QED) is 0.832. The van der Waals surface area contributed by atoms with E-state index in [1.807, 2.05) is 0 Å². The first-order chi connectivity index (χ1) is 12.9. The monoisotopic (exact) mass is 376 g/mol. The van der Waals surface area contributed by atoms with Crippen LogP contribution in [0.1, 0.15) is 48.4 Å². The molecule has 1 saturated carbocycles. The largest absolute Gasteiger partial charge is 0.482 e. The van der Waals surface area contributed by atoms with Crippen LogP contribution in [0.4, 0.5) is 4.39 Å². The first kappa shape index (κ1) is 18.9. The smallest absolute Gasteiger partial charge is 0.329 e. The van der Waals surface area contributed by atoms with Gasteiger partial charge in [-0.15, -0.1) is 0 Å². The van der Waals surface area contributed by atoms with Gasteiger partial charge in [0.1, 0.15) is 12.1 Å². The normalized spacial score (nSPS) is 15.9. The highest BCUT2D eigenvalue weighted by Crippen LogP contribution is 2.34. The number of carbonyl (C=O) groups is 2. The molecule has 0 atom stereocenters. The molecule has 1 heterocycles. The number of likely N-dealkylation sites (N-methyl/N-ethyl adjacent to an activating group) is 1. The van der Waals surface area contributed by atoms with Crippen LogP contribution >= 0.6 is 0 Å². The third kappa shape index (κ3) is 3.79. The van der Waals surface area contributed by atoms with Gasteiger partial charge in [0.15, 0.2) is 23.0 Å². The zero-order valence-electron chi connectivity index (χ0n) is 15.0. The Morgan fingerprint density at radius 3 is 2.67 bits per heavy atom. The van der Waals surface area contributed by atoms with E-state index in [0.29, 0.717) is 12.8 Å². The van der Waals surface area contributed by atoms with Crippen LogP contribution in [0.5, 0.6) is 5.75 Å². The molecule has 1 fully saturated rings. The second kappa shape index (κ2) is 7.77. The van der Waals surface area contributed by atoms with Crippen molar-refractivity contribution in [2.24, 2.45) is 0 Å². The van der Waals surface area contributed by atoms with E-state index in [1.54, 1.807) is 12.1 Å². The van der Waals surface area contributed by atoms with Gasteiger partial charge in [-0.3, -0.25) is 4.79 Å². The van der Waals surface area contributed by atoms with Crippen LogP contribution in [0.15, 0.2) is 34.9 Å². The Labute approximate surface area is 155 Å². The van der Waals surface area contributed by atoms with Crippen LogP contribution < -0.4 is 4.74 Å². The fourth-order valence-corrected chi connectivity index (χ4v) is 3.39. The first-order valence-electron chi connectivity index (χ1n) is 8.78. The van der Waals surface area contributed by atoms with E-state index in [-0.39, 0.29) is 23.8 Å². The zero-order chi connectivity index (χ0) is 19.4. The summed E-state index contributed by atoms with van der Waals surface area (Å²) in [6, 6.07) is 7.32. The maximum atomic E-state index is 13.6. The lowest BCUT2D eigenvalue weighted by Gasteiger charge is -2.40. The number of carbonyl (C=O) groups excluding carboxylic acids is 1. The number of rotatable bonds is 6. The SMILES string of the molecule is CN(C(=O)c1cc(COc2ccccc2F)on1)C1(C(=O)O)CCCCC1. The third-order valence-corrected chi connectivity index (χ3v) is 5.01. The van der Waals surface area contributed by atoms with Gasteiger partial charge in [-0.25, -0.2) is 9.18 Å². The number of benzene rings is 1. The van der Waals surface area contributed by atoms with Gasteiger partial charge in [0.25, 0.3) is 5.91 Å². The molecule has 1 amide bonds. The summed E-state index contributed by atoms with van der Waals surface area (Å²) in [5.41, 5.74) is -1.23. The minimum absolute atomic E-state index is 0.00386. The summed E-state index contributed by atoms with van der Waals surface area (Å²) in [6.07, 6.45) is 3.28. The van der Waals surface area contributed by atoms with Crippen LogP contribution in [-0.4, -0.2) is 39.6 Å². The number of hydrogen-bond donors (Lipinski definition) is 1. The molecule has 1 aromatic carbocycles. The van der Waals surface area contributed by atoms with E-state index < -0.39 is 23.2 Å². The number of carboxylic acid groups (broad SMARTS) is 1. The molecule has 1 N–H and O–H groups in total. The Morgan fingerprint density at radius 2 is 2.00 bits per heavy atom. The highest BCUT2D eigenvalue weighted by Gasteiger charge is 2.46. The van der Waals surface area contributed by atoms with Gasteiger partial charge in [-0.05, 0) is 25.0 Å². The first-order valence-corrected chi connectivity index (χ1v) is 8.78. The molecule has 1 aromatic heterocycles. The van der Waals surface area contributed by atoms with Crippen LogP contribution in [0.3, 0.4) is 0 Å². The third-order valence-electron chi connectivity index (χ3n) is 5.01. The van der Waals surface area contributed by atoms with Gasteiger partial charge >= 0.3 is 5.97 Å². The zero-order valence-corrected chi connectivity index (χ0v) is 15.0. The Balaban J connectivity index is 1.70. The molecule has 0 radical (unpaired) electrons. The number of ether oxygens (including phenoxy) is 1. The molecule has 8 heteroatoms. The molecular formula is C19H21FN2O5. The summed E-state index contributed by atoms with van der Waals surface area (Å²) in [6.45, 7) is -0.102. The maximum Gasteiger partial charge on any atom is 0.329 e. The number of hydrogen-bond acceptors (Lipinski definition) is 5. The average molecular weight is 376 g/mol. The molecule has 0 unspecified atom stereocenters. The number of aliphatic carboxylic acids is 1. The van der Waals surface area contributed by atoms with E-state index >= 15 is 0 Å². The standard InChI is InChI=1S/C19H21FN2O5/c1-22(19(18(24)25)9-5-2-6-10-19)17(23)15-11-13(27-21-15)12-26-16-8-4-3-7-14(16)20/h3-4,7-8,11H,2,5-6,9-10,12H2,1H3,(H,24,25). The van der Waals surface area contributed by atoms with E-state index in [4.69, 9.17) is 9.26 Å². The van der Waals surface area contributed by atoms with Crippen molar-refractivity contribution in [1.82, 2.24) is 10.1 Å². The summed E-state index contributed by atoms with van der Waals surface area (Å²) in [5.74, 6) is -1.74. The van der Waals surface area contributed by atoms with Crippen LogP contribution in [0, 0.1) is 5.82 Å². The van der Waals surface area contributed by atoms with Gasteiger partial charge in [-0.2, -0.15) is 0 Å². The average Bonchev–Trinajstić information content (AvgIpc) is 3.15. The number of nitrogens with zero attached hydrogens (tertiary/aromatic N) is 2. The van der Waals surface area contributed by atoms with Crippen molar-refractivity contribution in [3.8, 4) is 5.75 Å². The van der Waals surface area contributed by atoms with Crippen LogP contribution in [-0.2, 0) is 11.4 Å². The summed E-state index contributed by atoms with van der Waals surface area (Å²) >= 11 is 0. The Morgan fingerprint density at radius 1 is 1.30 bits per heavy atom. The molecule has 0 saturated heterocycles. The van der Waals surface area contributed by atoms with Gasteiger partial charge in [0.05, 0.1) is 0 Å². The minimum atomic E-state index is -1.22. The van der Waals surface area contributed by atoms with Crippen molar-refractivity contribution in [1.29, 1.82) is 0 Å². The second-order valence-electron chi connectivity index (χ2n) is 6.66. The Kier molecular flexibility index (Phi) is 5.43. The summed E-state index contributed by atoms with van der Waals surface area (Å²) < 4.78 is 24.0. The Hall–Kier alpha value is -2.90. The topological polar surface area (TPSA) is 92.9 Å². The van der Waals surface area contributed by atoms with E-state index in [9.17, 15) is 19.1 Å². The molecule has 0 spiro atoms. The number of carboxylic acids is 1. The lowest BCUT2D eigenvalue weighted by atomic mass is 9.80. The number of amides is 1. The number of aromatic nitrogens is 1. The minimum Gasteiger partial charge on any atom is -0.482 e. The predicted octanol–water partition coefficient (Wildman–Crippen LogP) is 3.25. The highest BCUT2D eigenvalue weighted by atomic mass is 19.1. The lowest BCUT2D eigenvalue weighted by molar-refractivity contribution is -0.151. The van der Waals surface area contributed by atoms with Crippen molar-refractivity contribution in [2.45, 2.75) is 44.2 Å². The van der Waals surface area contributed by atoms with Gasteiger partial charge in [0, 0.05) is 13.1 Å². The summed E-state index contributed by atoms with van der Waals surface area (Å²) in [4.78, 5) is 25.8. The molecule has 27 heavy (non-hydrogen) atoms. The van der Waals surface area contributed by atoms with E-state index in [1.165, 1.54) is 30.1 Å². The predicted molar refractivity (Wildman–Crippen MR) is 92.8 cm³/mol. The molecule has 1 aliphatic rings. The number of halogens is 1. The fourth-order valence-electron chi connectivity index (χ4n) is 3.39. The second-order valence-corrected chi connectivity index (χ2v) is 6.66. The van der Waals surface area contributed by atoms with Gasteiger partial charge < -0.3 is 19.3 Å². The molecule has 0 bridgehead atoms. The molecule has 0 aliphatic heterocycles. The molecule has 3 rings (SSSR count). The highest BCUT2D eigenvalue weighted by molar-refractivity contribution is 5.96. The van der Waals surface area contributed by atoms with Crippen LogP contribution in [0.2, 0.25) is 0 Å². The van der Waals surface area contributed by atoms with E-state index in [0.717, 1.165) is 19.3 Å². The fraction of sp³-hybridized carbons (Fsp3) is 0.421. The van der Waals surface area contributed by atoms with Crippen molar-refractivity contribution >= 4 is 11.9 Å². The van der Waals surface area contributed by atoms with Gasteiger partial charge in [0.2, 0.25) is 0 Å². The lowest BCUT2D eigenvalue weighted by Crippen LogP contribution is -2.56. The van der Waals surface area contributed by atoms with Gasteiger partial charge in [-0.1, -0.05) is 36.6 Å².